The lowest BCUT2D eigenvalue weighted by molar-refractivity contribution is -0.154. The van der Waals surface area contributed by atoms with Gasteiger partial charge < -0.3 is 20.2 Å². The van der Waals surface area contributed by atoms with Crippen LogP contribution in [0.4, 0.5) is 0 Å². The van der Waals surface area contributed by atoms with Crippen molar-refractivity contribution in [3.63, 3.8) is 0 Å². The molecule has 2 amide bonds. The topological polar surface area (TPSA) is 90.0 Å². The number of nitrogens with one attached hydrogen (secondary N) is 1. The first-order chi connectivity index (χ1) is 19.4. The largest absolute Gasteiger partial charge is 0.483 e. The third kappa shape index (κ3) is 6.89. The van der Waals surface area contributed by atoms with Gasteiger partial charge in [0.05, 0.1) is 0 Å². The van der Waals surface area contributed by atoms with Crippen molar-refractivity contribution in [2.75, 3.05) is 20.1 Å². The van der Waals surface area contributed by atoms with Gasteiger partial charge in [-0.2, -0.15) is 0 Å². The van der Waals surface area contributed by atoms with Crippen LogP contribution in [0.1, 0.15) is 56.2 Å². The number of fused-ring (bicyclic) bond motifs is 1. The quantitative estimate of drug-likeness (QED) is 0.454. The molecule has 0 spiro atoms. The maximum Gasteiger partial charge on any atom is 0.290 e. The molecule has 2 aromatic rings. The molecule has 3 aliphatic rings. The highest BCUT2D eigenvalue weighted by atomic mass is 32.2. The Morgan fingerprint density at radius 3 is 2.17 bits per heavy atom. The number of amides is 2. The molecule has 2 aromatic carbocycles. The van der Waals surface area contributed by atoms with Gasteiger partial charge in [-0.05, 0) is 80.4 Å². The molecule has 2 fully saturated rings. The lowest BCUT2D eigenvalue weighted by Crippen LogP contribution is -2.66. The fourth-order valence-corrected chi connectivity index (χ4v) is 7.75. The summed E-state index contributed by atoms with van der Waals surface area (Å²) < 4.78 is 0. The van der Waals surface area contributed by atoms with Gasteiger partial charge in [0.15, 0.2) is 0 Å². The number of thioether (sulfide) groups is 1. The minimum Gasteiger partial charge on any atom is -0.483 e. The van der Waals surface area contributed by atoms with Crippen molar-refractivity contribution in [3.05, 3.63) is 65.2 Å². The molecule has 7 nitrogen and oxygen atoms in total. The molecule has 0 unspecified atom stereocenters. The van der Waals surface area contributed by atoms with Gasteiger partial charge in [-0.3, -0.25) is 14.4 Å². The Morgan fingerprint density at radius 2 is 1.57 bits per heavy atom. The summed E-state index contributed by atoms with van der Waals surface area (Å²) in [5.41, 5.74) is 3.78. The normalized spacial score (nSPS) is 22.1. The molecule has 8 heteroatoms. The van der Waals surface area contributed by atoms with Gasteiger partial charge >= 0.3 is 0 Å². The minimum absolute atomic E-state index is 0.0229. The highest BCUT2D eigenvalue weighted by molar-refractivity contribution is 8.00. The Hall–Kier alpha value is -2.84. The number of carboxylic acid groups (broad SMARTS) is 1. The van der Waals surface area contributed by atoms with E-state index in [9.17, 15) is 9.59 Å². The molecule has 216 valence electrons. The van der Waals surface area contributed by atoms with E-state index in [2.05, 4.69) is 79.6 Å². The summed E-state index contributed by atoms with van der Waals surface area (Å²) in [5, 5.41) is 10.7. The zero-order valence-electron chi connectivity index (χ0n) is 23.9. The number of carbonyl (C=O) groups excluding carboxylic acids is 2. The average Bonchev–Trinajstić information content (AvgIpc) is 3.39. The smallest absolute Gasteiger partial charge is 0.290 e. The third-order valence-electron chi connectivity index (χ3n) is 8.77. The van der Waals surface area contributed by atoms with Gasteiger partial charge in [-0.1, -0.05) is 69.2 Å². The molecule has 2 saturated heterocycles. The molecule has 0 aromatic heterocycles. The highest BCUT2D eigenvalue weighted by Gasteiger charge is 2.47. The van der Waals surface area contributed by atoms with Crippen molar-refractivity contribution in [1.82, 2.24) is 15.1 Å². The van der Waals surface area contributed by atoms with Crippen molar-refractivity contribution >= 4 is 30.0 Å². The summed E-state index contributed by atoms with van der Waals surface area (Å²) in [6, 6.07) is 16.1. The van der Waals surface area contributed by atoms with Gasteiger partial charge in [0, 0.05) is 16.7 Å². The Morgan fingerprint density at radius 1 is 1.00 bits per heavy atom. The monoisotopic (exact) mass is 565 g/mol. The van der Waals surface area contributed by atoms with Crippen LogP contribution in [0.5, 0.6) is 0 Å². The fraction of sp³-hybridized carbons (Fsp3) is 0.531. The zero-order valence-corrected chi connectivity index (χ0v) is 24.7. The summed E-state index contributed by atoms with van der Waals surface area (Å²) in [6.07, 6.45) is 5.81. The molecular weight excluding hydrogens is 522 g/mol. The summed E-state index contributed by atoms with van der Waals surface area (Å²) >= 11 is 1.96. The van der Waals surface area contributed by atoms with Crippen LogP contribution in [0.15, 0.2) is 53.4 Å². The van der Waals surface area contributed by atoms with Crippen LogP contribution >= 0.6 is 11.8 Å². The maximum atomic E-state index is 14.2. The van der Waals surface area contributed by atoms with Crippen molar-refractivity contribution in [2.45, 2.75) is 81.1 Å². The second kappa shape index (κ2) is 14.2. The van der Waals surface area contributed by atoms with Gasteiger partial charge in [-0.15, -0.1) is 11.8 Å². The summed E-state index contributed by atoms with van der Waals surface area (Å²) in [4.78, 5) is 41.8. The van der Waals surface area contributed by atoms with Crippen LogP contribution in [0.25, 0.3) is 0 Å². The molecule has 5 rings (SSSR count). The molecular formula is C32H43N3O4S. The molecule has 0 radical (unpaired) electrons. The zero-order chi connectivity index (χ0) is 28.6. The standard InChI is InChI=1S/C31H41N3O2S.CH2O2/c1-4-21(5-2)29-30(35)32-28(25-18-22-10-6-7-11-23(22)19-25)31(36)34(29)20-24-12-8-9-13-27(24)37-26-14-16-33(3)17-15-26;2-1-3/h6-13,21,25-26,28-29H,4-5,14-20H2,1-3H3,(H,32,35);1H,(H,2,3)/t28-,29-;/m1./s1. The van der Waals surface area contributed by atoms with Crippen molar-refractivity contribution in [3.8, 4) is 0 Å². The number of likely N-dealkylation sites (tertiary alicyclic amines) is 1. The molecule has 1 aliphatic carbocycles. The van der Waals surface area contributed by atoms with E-state index in [-0.39, 0.29) is 30.1 Å². The first-order valence-corrected chi connectivity index (χ1v) is 15.5. The highest BCUT2D eigenvalue weighted by Crippen LogP contribution is 2.36. The van der Waals surface area contributed by atoms with Gasteiger partial charge in [0.1, 0.15) is 12.1 Å². The molecule has 2 N–H and O–H groups in total. The Labute approximate surface area is 242 Å². The van der Waals surface area contributed by atoms with E-state index >= 15 is 0 Å². The van der Waals surface area contributed by atoms with Crippen molar-refractivity contribution < 1.29 is 19.5 Å². The molecule has 2 atom stereocenters. The first-order valence-electron chi connectivity index (χ1n) is 14.6. The van der Waals surface area contributed by atoms with Gasteiger partial charge in [0.25, 0.3) is 6.47 Å². The second-order valence-corrected chi connectivity index (χ2v) is 12.6. The van der Waals surface area contributed by atoms with E-state index in [1.807, 2.05) is 16.7 Å². The third-order valence-corrected chi connectivity index (χ3v) is 10.2. The van der Waals surface area contributed by atoms with E-state index < -0.39 is 12.1 Å². The lowest BCUT2D eigenvalue weighted by atomic mass is 9.86. The number of piperidine rings is 1. The summed E-state index contributed by atoms with van der Waals surface area (Å²) in [6.45, 7) is 6.78. The van der Waals surface area contributed by atoms with E-state index in [0.717, 1.165) is 38.8 Å². The minimum atomic E-state index is -0.459. The van der Waals surface area contributed by atoms with Crippen LogP contribution in [0.2, 0.25) is 0 Å². The van der Waals surface area contributed by atoms with Crippen LogP contribution in [-0.2, 0) is 33.8 Å². The summed E-state index contributed by atoms with van der Waals surface area (Å²) in [7, 11) is 2.19. The number of rotatable bonds is 8. The number of benzene rings is 2. The Bertz CT molecular complexity index is 1140. The van der Waals surface area contributed by atoms with Crippen LogP contribution < -0.4 is 5.32 Å². The second-order valence-electron chi connectivity index (χ2n) is 11.2. The molecule has 40 heavy (non-hydrogen) atoms. The number of nitrogens with zero attached hydrogens (tertiary/aromatic N) is 2. The predicted octanol–water partition coefficient (Wildman–Crippen LogP) is 4.62. The predicted molar refractivity (Wildman–Crippen MR) is 159 cm³/mol. The van der Waals surface area contributed by atoms with Crippen LogP contribution in [-0.4, -0.2) is 70.7 Å². The number of piperazine rings is 1. The molecule has 2 aliphatic heterocycles. The van der Waals surface area contributed by atoms with Crippen molar-refractivity contribution in [1.29, 1.82) is 0 Å². The maximum absolute atomic E-state index is 14.2. The van der Waals surface area contributed by atoms with E-state index in [1.165, 1.54) is 34.4 Å². The van der Waals surface area contributed by atoms with Gasteiger partial charge in [-0.25, -0.2) is 0 Å². The molecule has 2 heterocycles. The fourth-order valence-electron chi connectivity index (χ4n) is 6.50. The number of hydrogen-bond donors (Lipinski definition) is 2. The van der Waals surface area contributed by atoms with Gasteiger partial charge in [0.2, 0.25) is 11.8 Å². The van der Waals surface area contributed by atoms with Crippen molar-refractivity contribution in [2.24, 2.45) is 11.8 Å². The SMILES string of the molecule is CCC(CC)[C@@H]1C(=O)N[C@H](C2Cc3ccccc3C2)C(=O)N1Cc1ccccc1SC1CCN(C)CC1.O=CO. The van der Waals surface area contributed by atoms with E-state index in [4.69, 9.17) is 9.90 Å². The molecule has 0 saturated carbocycles. The molecule has 0 bridgehead atoms. The Kier molecular flexibility index (Phi) is 10.7. The van der Waals surface area contributed by atoms with Crippen LogP contribution in [0, 0.1) is 11.8 Å². The van der Waals surface area contributed by atoms with E-state index in [1.54, 1.807) is 0 Å². The average molecular weight is 566 g/mol. The lowest BCUT2D eigenvalue weighted by Gasteiger charge is -2.44. The summed E-state index contributed by atoms with van der Waals surface area (Å²) in [5.74, 6) is 0.380. The Balaban J connectivity index is 0.00000118. The number of hydrogen-bond acceptors (Lipinski definition) is 5. The first kappa shape index (κ1) is 30.1. The van der Waals surface area contributed by atoms with Crippen LogP contribution in [0.3, 0.4) is 0 Å². The van der Waals surface area contributed by atoms with E-state index in [0.29, 0.717) is 11.8 Å². The number of carbonyl (C=O) groups is 3.